The lowest BCUT2D eigenvalue weighted by Gasteiger charge is -2.16. The second-order valence-electron chi connectivity index (χ2n) is 3.57. The van der Waals surface area contributed by atoms with E-state index in [0.29, 0.717) is 17.1 Å². The summed E-state index contributed by atoms with van der Waals surface area (Å²) in [4.78, 5) is 0. The van der Waals surface area contributed by atoms with Crippen LogP contribution in [0.2, 0.25) is 0 Å². The van der Waals surface area contributed by atoms with Gasteiger partial charge in [-0.25, -0.2) is 4.39 Å². The normalized spacial score (nSPS) is 11.2. The van der Waals surface area contributed by atoms with Crippen molar-refractivity contribution in [2.45, 2.75) is 19.5 Å². The Hall–Kier alpha value is -1.25. The van der Waals surface area contributed by atoms with Crippen molar-refractivity contribution < 1.29 is 13.9 Å². The summed E-state index contributed by atoms with van der Waals surface area (Å²) in [5, 5.41) is 0. The van der Waals surface area contributed by atoms with E-state index in [9.17, 15) is 4.39 Å². The molecule has 0 amide bonds. The van der Waals surface area contributed by atoms with Crippen molar-refractivity contribution in [3.63, 3.8) is 0 Å². The number of alkyl halides is 1. The van der Waals surface area contributed by atoms with E-state index >= 15 is 0 Å². The Kier molecular flexibility index (Phi) is 2.99. The first-order chi connectivity index (χ1) is 6.47. The second-order valence-corrected chi connectivity index (χ2v) is 3.57. The molecule has 0 unspecified atom stereocenters. The third kappa shape index (κ3) is 2.37. The minimum absolute atomic E-state index is 0.550. The van der Waals surface area contributed by atoms with Crippen LogP contribution in [0.15, 0.2) is 18.2 Å². The highest BCUT2D eigenvalue weighted by Gasteiger charge is 2.20. The zero-order chi connectivity index (χ0) is 10.8. The van der Waals surface area contributed by atoms with Crippen molar-refractivity contribution in [1.82, 2.24) is 0 Å². The summed E-state index contributed by atoms with van der Waals surface area (Å²) < 4.78 is 23.7. The van der Waals surface area contributed by atoms with Crippen LogP contribution in [0.3, 0.4) is 0 Å². The van der Waals surface area contributed by atoms with Crippen LogP contribution in [0.25, 0.3) is 0 Å². The van der Waals surface area contributed by atoms with Crippen LogP contribution >= 0.6 is 0 Å². The van der Waals surface area contributed by atoms with E-state index in [1.807, 2.05) is 0 Å². The van der Waals surface area contributed by atoms with Gasteiger partial charge in [0, 0.05) is 6.07 Å². The van der Waals surface area contributed by atoms with Gasteiger partial charge in [-0.1, -0.05) is 0 Å². The van der Waals surface area contributed by atoms with E-state index in [1.54, 1.807) is 32.4 Å². The Balaban J connectivity index is 3.17. The molecule has 3 heteroatoms. The van der Waals surface area contributed by atoms with Gasteiger partial charge in [0.1, 0.15) is 17.2 Å². The zero-order valence-electron chi connectivity index (χ0n) is 8.93. The molecular weight excluding hydrogens is 183 g/mol. The first-order valence-corrected chi connectivity index (χ1v) is 4.40. The molecule has 0 heterocycles. The first kappa shape index (κ1) is 10.8. The van der Waals surface area contributed by atoms with Crippen LogP contribution in [0, 0.1) is 0 Å². The number of hydrogen-bond donors (Lipinski definition) is 0. The summed E-state index contributed by atoms with van der Waals surface area (Å²) in [7, 11) is 3.09. The molecule has 0 saturated carbocycles. The summed E-state index contributed by atoms with van der Waals surface area (Å²) in [6.45, 7) is 3.00. The largest absolute Gasteiger partial charge is 0.497 e. The summed E-state index contributed by atoms with van der Waals surface area (Å²) in [5.74, 6) is 1.20. The predicted octanol–water partition coefficient (Wildman–Crippen LogP) is 2.91. The molecule has 78 valence electrons. The molecule has 0 atom stereocenters. The van der Waals surface area contributed by atoms with E-state index in [2.05, 4.69) is 0 Å². The maximum absolute atomic E-state index is 13.6. The molecule has 0 aliphatic rings. The summed E-state index contributed by atoms with van der Waals surface area (Å²) in [5.41, 5.74) is -0.837. The molecule has 0 spiro atoms. The Labute approximate surface area is 83.6 Å². The summed E-state index contributed by atoms with van der Waals surface area (Å²) in [6, 6.07) is 5.06. The molecular formula is C11H15FO2. The topological polar surface area (TPSA) is 18.5 Å². The first-order valence-electron chi connectivity index (χ1n) is 4.40. The Morgan fingerprint density at radius 2 is 1.43 bits per heavy atom. The van der Waals surface area contributed by atoms with Gasteiger partial charge in [0.2, 0.25) is 0 Å². The molecule has 0 N–H and O–H groups in total. The quantitative estimate of drug-likeness (QED) is 0.743. The van der Waals surface area contributed by atoms with Crippen molar-refractivity contribution in [1.29, 1.82) is 0 Å². The van der Waals surface area contributed by atoms with E-state index in [1.165, 1.54) is 13.8 Å². The maximum Gasteiger partial charge on any atom is 0.130 e. The van der Waals surface area contributed by atoms with Crippen molar-refractivity contribution in [3.8, 4) is 11.5 Å². The smallest absolute Gasteiger partial charge is 0.130 e. The average Bonchev–Trinajstić information content (AvgIpc) is 2.15. The number of benzene rings is 1. The van der Waals surface area contributed by atoms with Crippen LogP contribution in [-0.4, -0.2) is 14.2 Å². The zero-order valence-corrected chi connectivity index (χ0v) is 8.93. The lowest BCUT2D eigenvalue weighted by atomic mass is 10.00. The maximum atomic E-state index is 13.6. The van der Waals surface area contributed by atoms with Crippen molar-refractivity contribution in [3.05, 3.63) is 23.8 Å². The van der Waals surface area contributed by atoms with E-state index < -0.39 is 5.67 Å². The number of methoxy groups -OCH3 is 2. The molecule has 0 aliphatic carbocycles. The fourth-order valence-electron chi connectivity index (χ4n) is 1.15. The summed E-state index contributed by atoms with van der Waals surface area (Å²) >= 11 is 0. The monoisotopic (exact) mass is 198 g/mol. The highest BCUT2D eigenvalue weighted by atomic mass is 19.1. The van der Waals surface area contributed by atoms with Crippen LogP contribution in [0.4, 0.5) is 4.39 Å². The van der Waals surface area contributed by atoms with Crippen LogP contribution < -0.4 is 9.47 Å². The summed E-state index contributed by atoms with van der Waals surface area (Å²) in [6.07, 6.45) is 0. The molecule has 1 aromatic rings. The number of hydrogen-bond acceptors (Lipinski definition) is 2. The lowest BCUT2D eigenvalue weighted by molar-refractivity contribution is 0.220. The van der Waals surface area contributed by atoms with Crippen molar-refractivity contribution in [2.24, 2.45) is 0 Å². The number of halogens is 1. The van der Waals surface area contributed by atoms with Gasteiger partial charge in [-0.3, -0.25) is 0 Å². The molecule has 2 nitrogen and oxygen atoms in total. The molecule has 0 saturated heterocycles. The molecule has 1 rings (SSSR count). The molecule has 14 heavy (non-hydrogen) atoms. The Bertz CT molecular complexity index is 293. The highest BCUT2D eigenvalue weighted by molar-refractivity contribution is 5.40. The number of rotatable bonds is 3. The van der Waals surface area contributed by atoms with Crippen LogP contribution in [-0.2, 0) is 5.67 Å². The van der Waals surface area contributed by atoms with Crippen molar-refractivity contribution in [2.75, 3.05) is 14.2 Å². The predicted molar refractivity (Wildman–Crippen MR) is 53.7 cm³/mol. The van der Waals surface area contributed by atoms with E-state index in [-0.39, 0.29) is 0 Å². The molecule has 1 aromatic carbocycles. The van der Waals surface area contributed by atoms with Crippen LogP contribution in [0.5, 0.6) is 11.5 Å². The van der Waals surface area contributed by atoms with Gasteiger partial charge in [-0.05, 0) is 31.5 Å². The second kappa shape index (κ2) is 3.86. The standard InChI is InChI=1S/C11H15FO2/c1-11(2,12)8-5-9(13-3)7-10(6-8)14-4/h5-7H,1-4H3. The van der Waals surface area contributed by atoms with Gasteiger partial charge in [0.25, 0.3) is 0 Å². The van der Waals surface area contributed by atoms with Gasteiger partial charge < -0.3 is 9.47 Å². The Morgan fingerprint density at radius 3 is 1.71 bits per heavy atom. The number of ether oxygens (including phenoxy) is 2. The van der Waals surface area contributed by atoms with Crippen molar-refractivity contribution >= 4 is 0 Å². The molecule has 0 aromatic heterocycles. The SMILES string of the molecule is COc1cc(OC)cc(C(C)(C)F)c1. The molecule has 0 fully saturated rings. The minimum Gasteiger partial charge on any atom is -0.497 e. The van der Waals surface area contributed by atoms with Gasteiger partial charge >= 0.3 is 0 Å². The average molecular weight is 198 g/mol. The fourth-order valence-corrected chi connectivity index (χ4v) is 1.15. The van der Waals surface area contributed by atoms with E-state index in [0.717, 1.165) is 0 Å². The van der Waals surface area contributed by atoms with Gasteiger partial charge in [0.05, 0.1) is 14.2 Å². The highest BCUT2D eigenvalue weighted by Crippen LogP contribution is 2.31. The minimum atomic E-state index is -1.39. The molecule has 0 radical (unpaired) electrons. The third-order valence-corrected chi connectivity index (χ3v) is 2.04. The molecule has 0 bridgehead atoms. The Morgan fingerprint density at radius 1 is 1.00 bits per heavy atom. The van der Waals surface area contributed by atoms with Gasteiger partial charge in [0.15, 0.2) is 0 Å². The third-order valence-electron chi connectivity index (χ3n) is 2.04. The van der Waals surface area contributed by atoms with Gasteiger partial charge in [-0.15, -0.1) is 0 Å². The van der Waals surface area contributed by atoms with Gasteiger partial charge in [-0.2, -0.15) is 0 Å². The fraction of sp³-hybridized carbons (Fsp3) is 0.455. The molecule has 0 aliphatic heterocycles. The van der Waals surface area contributed by atoms with Crippen LogP contribution in [0.1, 0.15) is 19.4 Å². The van der Waals surface area contributed by atoms with E-state index in [4.69, 9.17) is 9.47 Å². The lowest BCUT2D eigenvalue weighted by Crippen LogP contribution is -2.09.